The van der Waals surface area contributed by atoms with Crippen LogP contribution in [0, 0.1) is 5.41 Å². The molecule has 1 amide bonds. The molecule has 172 valence electrons. The fraction of sp³-hybridized carbons (Fsp3) is 0.542. The van der Waals surface area contributed by atoms with E-state index >= 15 is 0 Å². The Labute approximate surface area is 188 Å². The Balaban J connectivity index is 1.89. The largest absolute Gasteiger partial charge is 0.496 e. The number of primary amides is 1. The van der Waals surface area contributed by atoms with Gasteiger partial charge in [0, 0.05) is 12.5 Å². The number of benzene rings is 1. The Bertz CT molecular complexity index is 1070. The number of Topliss-reactive ketones (excluding diaryl/α,β-unsaturated/α-hetero) is 1. The SMILES string of the molecule is CCc1nn(-c2cc(N[C@H]3CCC[C@@H]3O)c(C(N)=O)c(OC)c2)c2c1C(=O)CC(C)(C)C2. The summed E-state index contributed by atoms with van der Waals surface area (Å²) in [4.78, 5) is 25.2. The second kappa shape index (κ2) is 8.24. The van der Waals surface area contributed by atoms with Gasteiger partial charge in [-0.1, -0.05) is 20.8 Å². The number of aromatic nitrogens is 2. The Morgan fingerprint density at radius 3 is 2.69 bits per heavy atom. The number of nitrogens with two attached hydrogens (primary N) is 1. The number of rotatable bonds is 6. The molecule has 1 heterocycles. The van der Waals surface area contributed by atoms with Crippen molar-refractivity contribution < 1.29 is 19.4 Å². The van der Waals surface area contributed by atoms with E-state index < -0.39 is 12.0 Å². The number of anilines is 1. The van der Waals surface area contributed by atoms with Crippen LogP contribution in [-0.2, 0) is 12.8 Å². The first kappa shape index (κ1) is 22.3. The predicted octanol–water partition coefficient (Wildman–Crippen LogP) is 3.02. The maximum absolute atomic E-state index is 12.9. The zero-order valence-corrected chi connectivity index (χ0v) is 19.2. The van der Waals surface area contributed by atoms with Gasteiger partial charge in [-0.3, -0.25) is 9.59 Å². The van der Waals surface area contributed by atoms with Crippen molar-refractivity contribution in [3.63, 3.8) is 0 Å². The molecule has 0 bridgehead atoms. The lowest BCUT2D eigenvalue weighted by molar-refractivity contribution is 0.0909. The molecule has 0 spiro atoms. The van der Waals surface area contributed by atoms with Crippen molar-refractivity contribution in [2.45, 2.75) is 71.4 Å². The number of ketones is 1. The lowest BCUT2D eigenvalue weighted by atomic mass is 9.75. The summed E-state index contributed by atoms with van der Waals surface area (Å²) < 4.78 is 7.33. The van der Waals surface area contributed by atoms with Gasteiger partial charge in [0.05, 0.1) is 47.6 Å². The molecular weight excluding hydrogens is 408 g/mol. The summed E-state index contributed by atoms with van der Waals surface area (Å²) in [5, 5.41) is 18.4. The highest BCUT2D eigenvalue weighted by Crippen LogP contribution is 2.39. The van der Waals surface area contributed by atoms with E-state index in [1.165, 1.54) is 7.11 Å². The van der Waals surface area contributed by atoms with E-state index in [9.17, 15) is 14.7 Å². The van der Waals surface area contributed by atoms with Crippen LogP contribution in [0.2, 0.25) is 0 Å². The number of fused-ring (bicyclic) bond motifs is 1. The van der Waals surface area contributed by atoms with Gasteiger partial charge < -0.3 is 20.9 Å². The quantitative estimate of drug-likeness (QED) is 0.635. The summed E-state index contributed by atoms with van der Waals surface area (Å²) in [6, 6.07) is 3.37. The van der Waals surface area contributed by atoms with Crippen LogP contribution in [-0.4, -0.2) is 45.8 Å². The molecule has 0 saturated heterocycles. The zero-order chi connectivity index (χ0) is 23.2. The van der Waals surface area contributed by atoms with Crippen LogP contribution in [0.25, 0.3) is 5.69 Å². The van der Waals surface area contributed by atoms with Crippen molar-refractivity contribution >= 4 is 17.4 Å². The third-order valence-electron chi connectivity index (χ3n) is 6.57. The molecule has 1 aromatic heterocycles. The average molecular weight is 441 g/mol. The molecule has 2 aliphatic carbocycles. The number of aliphatic hydroxyl groups is 1. The van der Waals surface area contributed by atoms with Gasteiger partial charge >= 0.3 is 0 Å². The van der Waals surface area contributed by atoms with Crippen molar-refractivity contribution in [1.82, 2.24) is 9.78 Å². The van der Waals surface area contributed by atoms with Gasteiger partial charge in [0.15, 0.2) is 5.78 Å². The van der Waals surface area contributed by atoms with Crippen molar-refractivity contribution in [3.8, 4) is 11.4 Å². The zero-order valence-electron chi connectivity index (χ0n) is 19.2. The number of carbonyl (C=O) groups excluding carboxylic acids is 2. The maximum Gasteiger partial charge on any atom is 0.254 e. The van der Waals surface area contributed by atoms with E-state index in [1.807, 2.05) is 13.0 Å². The van der Waals surface area contributed by atoms with Gasteiger partial charge in [-0.15, -0.1) is 0 Å². The van der Waals surface area contributed by atoms with Crippen LogP contribution in [0.4, 0.5) is 5.69 Å². The molecule has 8 heteroatoms. The standard InChI is InChI=1S/C24H32N4O4/c1-5-14-21-17(11-24(2,3)12-19(21)30)28(27-14)13-9-16(26-15-7-6-8-18(15)29)22(23(25)31)20(10-13)32-4/h9-10,15,18,26,29H,5-8,11-12H2,1-4H3,(H2,25,31)/t15-,18-/m0/s1. The number of nitrogens with one attached hydrogen (secondary N) is 1. The van der Waals surface area contributed by atoms with E-state index in [4.69, 9.17) is 15.6 Å². The van der Waals surface area contributed by atoms with Gasteiger partial charge in [0.25, 0.3) is 5.91 Å². The molecule has 4 N–H and O–H groups in total. The van der Waals surface area contributed by atoms with Gasteiger partial charge in [-0.25, -0.2) is 4.68 Å². The summed E-state index contributed by atoms with van der Waals surface area (Å²) in [5.41, 5.74) is 9.32. The molecule has 2 aromatic rings. The molecular formula is C24H32N4O4. The molecule has 4 rings (SSSR count). The van der Waals surface area contributed by atoms with Crippen LogP contribution in [0.15, 0.2) is 12.1 Å². The van der Waals surface area contributed by atoms with Crippen LogP contribution in [0.3, 0.4) is 0 Å². The topological polar surface area (TPSA) is 119 Å². The number of ether oxygens (including phenoxy) is 1. The average Bonchev–Trinajstić information content (AvgIpc) is 3.29. The number of hydrogen-bond donors (Lipinski definition) is 3. The highest BCUT2D eigenvalue weighted by molar-refractivity contribution is 6.02. The summed E-state index contributed by atoms with van der Waals surface area (Å²) in [7, 11) is 1.49. The summed E-state index contributed by atoms with van der Waals surface area (Å²) in [5.74, 6) is -0.169. The Morgan fingerprint density at radius 1 is 1.34 bits per heavy atom. The van der Waals surface area contributed by atoms with Gasteiger partial charge in [0.1, 0.15) is 11.3 Å². The molecule has 1 fully saturated rings. The molecule has 0 radical (unpaired) electrons. The molecule has 2 atom stereocenters. The minimum Gasteiger partial charge on any atom is -0.496 e. The van der Waals surface area contributed by atoms with Crippen LogP contribution < -0.4 is 15.8 Å². The van der Waals surface area contributed by atoms with E-state index in [-0.39, 0.29) is 22.8 Å². The molecule has 8 nitrogen and oxygen atoms in total. The number of aryl methyl sites for hydroxylation is 1. The van der Waals surface area contributed by atoms with E-state index in [2.05, 4.69) is 19.2 Å². The number of nitrogens with zero attached hydrogens (tertiary/aromatic N) is 2. The number of methoxy groups -OCH3 is 1. The summed E-state index contributed by atoms with van der Waals surface area (Å²) in [6.07, 6.45) is 3.78. The minimum absolute atomic E-state index is 0.118. The molecule has 2 aliphatic rings. The lowest BCUT2D eigenvalue weighted by Gasteiger charge is -2.29. The Morgan fingerprint density at radius 2 is 2.09 bits per heavy atom. The molecule has 1 aromatic carbocycles. The summed E-state index contributed by atoms with van der Waals surface area (Å²) >= 11 is 0. The molecule has 0 aliphatic heterocycles. The third-order valence-corrected chi connectivity index (χ3v) is 6.57. The van der Waals surface area contributed by atoms with Crippen LogP contribution >= 0.6 is 0 Å². The van der Waals surface area contributed by atoms with Crippen molar-refractivity contribution in [1.29, 1.82) is 0 Å². The Hall–Kier alpha value is -2.87. The van der Waals surface area contributed by atoms with Gasteiger partial charge in [-0.05, 0) is 43.6 Å². The fourth-order valence-corrected chi connectivity index (χ4v) is 5.05. The van der Waals surface area contributed by atoms with Crippen LogP contribution in [0.5, 0.6) is 5.75 Å². The first-order valence-corrected chi connectivity index (χ1v) is 11.3. The van der Waals surface area contributed by atoms with Crippen molar-refractivity contribution in [2.75, 3.05) is 12.4 Å². The predicted molar refractivity (Wildman–Crippen MR) is 122 cm³/mol. The maximum atomic E-state index is 12.9. The highest BCUT2D eigenvalue weighted by Gasteiger charge is 2.36. The molecule has 32 heavy (non-hydrogen) atoms. The monoisotopic (exact) mass is 440 g/mol. The van der Waals surface area contributed by atoms with Crippen molar-refractivity contribution in [2.24, 2.45) is 11.1 Å². The van der Waals surface area contributed by atoms with E-state index in [0.717, 1.165) is 24.2 Å². The van der Waals surface area contributed by atoms with E-state index in [0.29, 0.717) is 48.4 Å². The van der Waals surface area contributed by atoms with Crippen LogP contribution in [0.1, 0.15) is 78.6 Å². The van der Waals surface area contributed by atoms with Crippen molar-refractivity contribution in [3.05, 3.63) is 34.6 Å². The number of amides is 1. The molecule has 0 unspecified atom stereocenters. The smallest absolute Gasteiger partial charge is 0.254 e. The summed E-state index contributed by atoms with van der Waals surface area (Å²) in [6.45, 7) is 6.16. The second-order valence-corrected chi connectivity index (χ2v) is 9.66. The highest BCUT2D eigenvalue weighted by atomic mass is 16.5. The number of hydrogen-bond acceptors (Lipinski definition) is 6. The Kier molecular flexibility index (Phi) is 5.75. The minimum atomic E-state index is -0.614. The first-order chi connectivity index (χ1) is 15.1. The van der Waals surface area contributed by atoms with Gasteiger partial charge in [0.2, 0.25) is 0 Å². The second-order valence-electron chi connectivity index (χ2n) is 9.66. The number of aliphatic hydroxyl groups excluding tert-OH is 1. The van der Waals surface area contributed by atoms with E-state index in [1.54, 1.807) is 10.7 Å². The fourth-order valence-electron chi connectivity index (χ4n) is 5.05. The normalized spacial score (nSPS) is 22.0. The number of carbonyl (C=O) groups is 2. The molecule has 1 saturated carbocycles. The first-order valence-electron chi connectivity index (χ1n) is 11.3. The van der Waals surface area contributed by atoms with Gasteiger partial charge in [-0.2, -0.15) is 5.10 Å². The lowest BCUT2D eigenvalue weighted by Crippen LogP contribution is -2.30. The third kappa shape index (κ3) is 3.88.